The molecule has 1 aliphatic carbocycles. The standard InChI is InChI=1S/C26H27ClFN7O/c27-19-9-14(10-21(30)36)5-6-15(19)23(31)24-25(32)34-22(11-33-24)35-8-7-16-18(12-35)26(16,13-29)17-3-1-2-4-20(17)28/h1-6,9,11,16,18,31H,7-8,10,12-13,29H2,(H2,30,36)(H2,32,34)/t16-,18+,26-/m1/s1. The first-order valence-electron chi connectivity index (χ1n) is 11.7. The van der Waals surface area contributed by atoms with E-state index in [-0.39, 0.29) is 40.8 Å². The molecule has 2 aromatic carbocycles. The van der Waals surface area contributed by atoms with Gasteiger partial charge < -0.3 is 22.1 Å². The monoisotopic (exact) mass is 507 g/mol. The number of nitrogens with one attached hydrogen (secondary N) is 1. The molecule has 36 heavy (non-hydrogen) atoms. The first kappa shape index (κ1) is 24.1. The molecule has 7 N–H and O–H groups in total. The van der Waals surface area contributed by atoms with Crippen LogP contribution in [0.25, 0.3) is 0 Å². The Morgan fingerprint density at radius 1 is 1.25 bits per heavy atom. The van der Waals surface area contributed by atoms with Crippen molar-refractivity contribution >= 4 is 34.9 Å². The molecule has 1 aromatic heterocycles. The minimum absolute atomic E-state index is 0.0322. The van der Waals surface area contributed by atoms with Gasteiger partial charge in [0.2, 0.25) is 5.91 Å². The molecule has 8 nitrogen and oxygen atoms in total. The lowest BCUT2D eigenvalue weighted by Crippen LogP contribution is -2.33. The molecule has 2 aliphatic rings. The van der Waals surface area contributed by atoms with Crippen molar-refractivity contribution in [2.45, 2.75) is 18.3 Å². The number of halogens is 2. The summed E-state index contributed by atoms with van der Waals surface area (Å²) < 4.78 is 14.6. The molecule has 10 heteroatoms. The molecular weight excluding hydrogens is 481 g/mol. The van der Waals surface area contributed by atoms with Crippen LogP contribution in [0, 0.1) is 23.1 Å². The van der Waals surface area contributed by atoms with Gasteiger partial charge in [0.1, 0.15) is 17.3 Å². The molecule has 0 unspecified atom stereocenters. The quantitative estimate of drug-likeness (QED) is 0.361. The van der Waals surface area contributed by atoms with Gasteiger partial charge in [-0.2, -0.15) is 0 Å². The second-order valence-electron chi connectivity index (χ2n) is 9.47. The summed E-state index contributed by atoms with van der Waals surface area (Å²) in [6.45, 7) is 1.80. The highest BCUT2D eigenvalue weighted by Gasteiger charge is 2.66. The lowest BCUT2D eigenvalue weighted by Gasteiger charge is -2.27. The minimum Gasteiger partial charge on any atom is -0.382 e. The fourth-order valence-corrected chi connectivity index (χ4v) is 6.07. The Morgan fingerprint density at radius 2 is 2.03 bits per heavy atom. The predicted molar refractivity (Wildman–Crippen MR) is 138 cm³/mol. The maximum absolute atomic E-state index is 14.6. The van der Waals surface area contributed by atoms with E-state index in [9.17, 15) is 9.18 Å². The van der Waals surface area contributed by atoms with Gasteiger partial charge >= 0.3 is 0 Å². The number of nitrogens with two attached hydrogens (primary N) is 3. The summed E-state index contributed by atoms with van der Waals surface area (Å²) in [6.07, 6.45) is 2.53. The summed E-state index contributed by atoms with van der Waals surface area (Å²) in [5, 5.41) is 8.89. The molecule has 0 bridgehead atoms. The Hall–Kier alpha value is -3.56. The van der Waals surface area contributed by atoms with Crippen LogP contribution < -0.4 is 22.1 Å². The highest BCUT2D eigenvalue weighted by atomic mass is 35.5. The van der Waals surface area contributed by atoms with Gasteiger partial charge in [0.05, 0.1) is 23.4 Å². The van der Waals surface area contributed by atoms with Crippen molar-refractivity contribution in [2.24, 2.45) is 23.3 Å². The van der Waals surface area contributed by atoms with Crippen molar-refractivity contribution < 1.29 is 9.18 Å². The van der Waals surface area contributed by atoms with Crippen LogP contribution >= 0.6 is 11.6 Å². The smallest absolute Gasteiger partial charge is 0.221 e. The minimum atomic E-state index is -0.465. The lowest BCUT2D eigenvalue weighted by atomic mass is 9.91. The molecule has 3 aromatic rings. The zero-order valence-corrected chi connectivity index (χ0v) is 20.3. The third-order valence-electron chi connectivity index (χ3n) is 7.57. The highest BCUT2D eigenvalue weighted by Crippen LogP contribution is 2.63. The van der Waals surface area contributed by atoms with Gasteiger partial charge in [-0.15, -0.1) is 0 Å². The molecule has 1 saturated heterocycles. The molecule has 1 saturated carbocycles. The van der Waals surface area contributed by atoms with Crippen LogP contribution in [0.4, 0.5) is 16.0 Å². The number of hydrogen-bond acceptors (Lipinski definition) is 7. The Labute approximate surface area is 213 Å². The largest absolute Gasteiger partial charge is 0.382 e. The van der Waals surface area contributed by atoms with Crippen molar-refractivity contribution in [3.63, 3.8) is 0 Å². The molecule has 3 atom stereocenters. The van der Waals surface area contributed by atoms with E-state index in [0.717, 1.165) is 13.0 Å². The number of carbonyl (C=O) groups is 1. The van der Waals surface area contributed by atoms with E-state index in [1.165, 1.54) is 6.07 Å². The molecule has 1 aliphatic heterocycles. The Balaban J connectivity index is 1.35. The molecule has 0 radical (unpaired) electrons. The third-order valence-corrected chi connectivity index (χ3v) is 7.88. The van der Waals surface area contributed by atoms with E-state index in [0.29, 0.717) is 46.5 Å². The van der Waals surface area contributed by atoms with E-state index < -0.39 is 5.91 Å². The summed E-state index contributed by atoms with van der Waals surface area (Å²) in [4.78, 5) is 22.2. The molecule has 186 valence electrons. The average molecular weight is 508 g/mol. The fraction of sp³-hybridized carbons (Fsp3) is 0.308. The van der Waals surface area contributed by atoms with Crippen LogP contribution in [0.2, 0.25) is 5.02 Å². The molecule has 1 amide bonds. The van der Waals surface area contributed by atoms with Crippen molar-refractivity contribution in [3.8, 4) is 0 Å². The summed E-state index contributed by atoms with van der Waals surface area (Å²) in [7, 11) is 0. The van der Waals surface area contributed by atoms with Crippen molar-refractivity contribution in [1.82, 2.24) is 9.97 Å². The van der Waals surface area contributed by atoms with Crippen molar-refractivity contribution in [3.05, 3.63) is 81.9 Å². The van der Waals surface area contributed by atoms with Crippen molar-refractivity contribution in [2.75, 3.05) is 30.3 Å². The van der Waals surface area contributed by atoms with E-state index in [1.807, 2.05) is 12.1 Å². The number of aromatic nitrogens is 2. The number of benzene rings is 2. The first-order valence-corrected chi connectivity index (χ1v) is 12.1. The normalized spacial score (nSPS) is 22.7. The number of anilines is 2. The first-order chi connectivity index (χ1) is 17.3. The van der Waals surface area contributed by atoms with Gasteiger partial charge in [0.25, 0.3) is 0 Å². The van der Waals surface area contributed by atoms with Crippen LogP contribution in [-0.4, -0.2) is 41.2 Å². The van der Waals surface area contributed by atoms with Crippen LogP contribution in [-0.2, 0) is 16.6 Å². The summed E-state index contributed by atoms with van der Waals surface area (Å²) in [6, 6.07) is 11.8. The van der Waals surface area contributed by atoms with Crippen LogP contribution in [0.1, 0.15) is 28.8 Å². The highest BCUT2D eigenvalue weighted by molar-refractivity contribution is 6.35. The molecule has 2 heterocycles. The summed E-state index contributed by atoms with van der Waals surface area (Å²) in [5.74, 6) is 0.591. The second-order valence-corrected chi connectivity index (χ2v) is 9.87. The molecule has 2 fully saturated rings. The van der Waals surface area contributed by atoms with Gasteiger partial charge in [0.15, 0.2) is 5.82 Å². The number of nitrogens with zero attached hydrogens (tertiary/aromatic N) is 3. The van der Waals surface area contributed by atoms with Crippen LogP contribution in [0.15, 0.2) is 48.7 Å². The van der Waals surface area contributed by atoms with Gasteiger partial charge in [0, 0.05) is 30.6 Å². The van der Waals surface area contributed by atoms with Crippen molar-refractivity contribution in [1.29, 1.82) is 5.41 Å². The fourth-order valence-electron chi connectivity index (χ4n) is 5.77. The number of nitrogen functional groups attached to an aromatic ring is 1. The molecule has 5 rings (SSSR count). The Bertz CT molecular complexity index is 1370. The number of fused-ring (bicyclic) bond motifs is 1. The number of rotatable bonds is 7. The SMILES string of the molecule is N=C(c1ccc(CC(N)=O)cc1Cl)c1ncc(N2CC[C@@H]3[C@H](C2)[C@@]3(CN)c2ccccc2F)nc1N. The third kappa shape index (κ3) is 3.98. The zero-order chi connectivity index (χ0) is 25.6. The Kier molecular flexibility index (Phi) is 6.13. The number of hydrogen-bond donors (Lipinski definition) is 4. The van der Waals surface area contributed by atoms with Crippen LogP contribution in [0.3, 0.4) is 0 Å². The maximum Gasteiger partial charge on any atom is 0.221 e. The number of piperidine rings is 1. The van der Waals surface area contributed by atoms with E-state index in [1.54, 1.807) is 30.5 Å². The van der Waals surface area contributed by atoms with Gasteiger partial charge in [-0.25, -0.2) is 14.4 Å². The van der Waals surface area contributed by atoms with Gasteiger partial charge in [-0.1, -0.05) is 41.9 Å². The van der Waals surface area contributed by atoms with Crippen LogP contribution in [0.5, 0.6) is 0 Å². The molecule has 0 spiro atoms. The Morgan fingerprint density at radius 3 is 2.69 bits per heavy atom. The summed E-state index contributed by atoms with van der Waals surface area (Å²) >= 11 is 6.36. The van der Waals surface area contributed by atoms with E-state index in [2.05, 4.69) is 14.9 Å². The zero-order valence-electron chi connectivity index (χ0n) is 19.5. The average Bonchev–Trinajstić information content (AvgIpc) is 3.51. The number of amides is 1. The summed E-state index contributed by atoms with van der Waals surface area (Å²) in [5.41, 5.74) is 19.3. The predicted octanol–water partition coefficient (Wildman–Crippen LogP) is 2.65. The van der Waals surface area contributed by atoms with Gasteiger partial charge in [-0.05, 0) is 41.5 Å². The van der Waals surface area contributed by atoms with E-state index in [4.69, 9.17) is 34.2 Å². The molecular formula is C26H27ClFN7O. The number of carbonyl (C=O) groups excluding carboxylic acids is 1. The lowest BCUT2D eigenvalue weighted by molar-refractivity contribution is -0.117. The van der Waals surface area contributed by atoms with Gasteiger partial charge in [-0.3, -0.25) is 10.2 Å². The second kappa shape index (κ2) is 9.15. The number of primary amides is 1. The maximum atomic E-state index is 14.6. The van der Waals surface area contributed by atoms with E-state index >= 15 is 0 Å². The topological polar surface area (TPSA) is 148 Å².